The molecule has 0 spiro atoms. The SMILES string of the molecule is CC[C@H](C)N(CCC(=O)NCc1ccncc1)C(=O)c1cnccn1. The fourth-order valence-electron chi connectivity index (χ4n) is 2.31. The van der Waals surface area contributed by atoms with Gasteiger partial charge < -0.3 is 10.2 Å². The highest BCUT2D eigenvalue weighted by atomic mass is 16.2. The smallest absolute Gasteiger partial charge is 0.274 e. The summed E-state index contributed by atoms with van der Waals surface area (Å²) in [5.41, 5.74) is 1.28. The van der Waals surface area contributed by atoms with Crippen molar-refractivity contribution >= 4 is 11.8 Å². The zero-order chi connectivity index (χ0) is 18.1. The van der Waals surface area contributed by atoms with Crippen molar-refractivity contribution in [1.29, 1.82) is 0 Å². The Labute approximate surface area is 147 Å². The number of rotatable bonds is 8. The van der Waals surface area contributed by atoms with Crippen LogP contribution in [0.2, 0.25) is 0 Å². The van der Waals surface area contributed by atoms with Gasteiger partial charge in [-0.2, -0.15) is 0 Å². The molecule has 132 valence electrons. The lowest BCUT2D eigenvalue weighted by Gasteiger charge is -2.28. The topological polar surface area (TPSA) is 88.1 Å². The van der Waals surface area contributed by atoms with Crippen molar-refractivity contribution in [2.45, 2.75) is 39.3 Å². The van der Waals surface area contributed by atoms with E-state index >= 15 is 0 Å². The lowest BCUT2D eigenvalue weighted by atomic mass is 10.2. The summed E-state index contributed by atoms with van der Waals surface area (Å²) in [6.07, 6.45) is 8.87. The molecule has 7 nitrogen and oxygen atoms in total. The normalized spacial score (nSPS) is 11.6. The van der Waals surface area contributed by atoms with Crippen LogP contribution in [0.4, 0.5) is 0 Å². The summed E-state index contributed by atoms with van der Waals surface area (Å²) in [4.78, 5) is 38.3. The molecule has 25 heavy (non-hydrogen) atoms. The molecule has 0 aliphatic rings. The first kappa shape index (κ1) is 18.5. The third-order valence-corrected chi connectivity index (χ3v) is 3.98. The van der Waals surface area contributed by atoms with Gasteiger partial charge in [0.1, 0.15) is 5.69 Å². The van der Waals surface area contributed by atoms with Crippen molar-refractivity contribution in [3.8, 4) is 0 Å². The molecule has 7 heteroatoms. The van der Waals surface area contributed by atoms with E-state index in [0.717, 1.165) is 12.0 Å². The molecule has 0 aliphatic heterocycles. The second-order valence-corrected chi connectivity index (χ2v) is 5.73. The fourth-order valence-corrected chi connectivity index (χ4v) is 2.31. The van der Waals surface area contributed by atoms with Crippen molar-refractivity contribution in [3.05, 3.63) is 54.4 Å². The largest absolute Gasteiger partial charge is 0.352 e. The second kappa shape index (κ2) is 9.46. The molecule has 0 radical (unpaired) electrons. The maximum atomic E-state index is 12.6. The summed E-state index contributed by atoms with van der Waals surface area (Å²) in [6.45, 7) is 4.75. The molecule has 2 aromatic rings. The summed E-state index contributed by atoms with van der Waals surface area (Å²) < 4.78 is 0. The quantitative estimate of drug-likeness (QED) is 0.791. The van der Waals surface area contributed by atoms with Gasteiger partial charge in [0, 0.05) is 50.3 Å². The van der Waals surface area contributed by atoms with Crippen LogP contribution in [-0.4, -0.2) is 44.3 Å². The number of nitrogens with one attached hydrogen (secondary N) is 1. The number of carbonyl (C=O) groups excluding carboxylic acids is 2. The van der Waals surface area contributed by atoms with Crippen molar-refractivity contribution in [3.63, 3.8) is 0 Å². The van der Waals surface area contributed by atoms with E-state index in [2.05, 4.69) is 20.3 Å². The Morgan fingerprint density at radius 2 is 1.92 bits per heavy atom. The van der Waals surface area contributed by atoms with Gasteiger partial charge in [-0.1, -0.05) is 6.92 Å². The number of amides is 2. The van der Waals surface area contributed by atoms with Crippen LogP contribution in [0.25, 0.3) is 0 Å². The molecule has 0 fully saturated rings. The Hall–Kier alpha value is -2.83. The molecular formula is C18H23N5O2. The fraction of sp³-hybridized carbons (Fsp3) is 0.389. The molecule has 0 aromatic carbocycles. The summed E-state index contributed by atoms with van der Waals surface area (Å²) in [5, 5.41) is 2.86. The second-order valence-electron chi connectivity index (χ2n) is 5.73. The van der Waals surface area contributed by atoms with E-state index in [1.54, 1.807) is 17.3 Å². The average Bonchev–Trinajstić information content (AvgIpc) is 2.67. The van der Waals surface area contributed by atoms with Crippen LogP contribution in [0, 0.1) is 0 Å². The van der Waals surface area contributed by atoms with E-state index in [1.165, 1.54) is 18.6 Å². The lowest BCUT2D eigenvalue weighted by Crippen LogP contribution is -2.41. The minimum Gasteiger partial charge on any atom is -0.352 e. The van der Waals surface area contributed by atoms with Gasteiger partial charge in [-0.3, -0.25) is 19.6 Å². The third kappa shape index (κ3) is 5.63. The van der Waals surface area contributed by atoms with E-state index in [4.69, 9.17) is 0 Å². The molecule has 0 aliphatic carbocycles. The highest BCUT2D eigenvalue weighted by Gasteiger charge is 2.22. The van der Waals surface area contributed by atoms with Gasteiger partial charge >= 0.3 is 0 Å². The van der Waals surface area contributed by atoms with Gasteiger partial charge in [0.05, 0.1) is 6.20 Å². The molecule has 1 atom stereocenters. The van der Waals surface area contributed by atoms with E-state index in [-0.39, 0.29) is 24.3 Å². The zero-order valence-electron chi connectivity index (χ0n) is 14.6. The first-order valence-electron chi connectivity index (χ1n) is 8.34. The van der Waals surface area contributed by atoms with Crippen LogP contribution < -0.4 is 5.32 Å². The monoisotopic (exact) mass is 341 g/mol. The van der Waals surface area contributed by atoms with E-state index in [1.807, 2.05) is 26.0 Å². The molecule has 0 bridgehead atoms. The molecule has 2 amide bonds. The Balaban J connectivity index is 1.91. The van der Waals surface area contributed by atoms with Gasteiger partial charge in [0.15, 0.2) is 0 Å². The van der Waals surface area contributed by atoms with Crippen LogP contribution in [0.1, 0.15) is 42.7 Å². The maximum Gasteiger partial charge on any atom is 0.274 e. The van der Waals surface area contributed by atoms with Crippen LogP contribution in [0.15, 0.2) is 43.1 Å². The van der Waals surface area contributed by atoms with Gasteiger partial charge in [0.25, 0.3) is 5.91 Å². The highest BCUT2D eigenvalue weighted by molar-refractivity contribution is 5.92. The van der Waals surface area contributed by atoms with Gasteiger partial charge in [-0.15, -0.1) is 0 Å². The molecule has 2 aromatic heterocycles. The summed E-state index contributed by atoms with van der Waals surface area (Å²) >= 11 is 0. The predicted octanol–water partition coefficient (Wildman–Crippen LogP) is 1.82. The Kier molecular flexibility index (Phi) is 7.00. The Morgan fingerprint density at radius 3 is 2.56 bits per heavy atom. The minimum absolute atomic E-state index is 0.0162. The van der Waals surface area contributed by atoms with E-state index < -0.39 is 0 Å². The number of nitrogens with zero attached hydrogens (tertiary/aromatic N) is 4. The summed E-state index contributed by atoms with van der Waals surface area (Å²) in [7, 11) is 0. The summed E-state index contributed by atoms with van der Waals surface area (Å²) in [6, 6.07) is 3.72. The van der Waals surface area contributed by atoms with Crippen LogP contribution in [-0.2, 0) is 11.3 Å². The number of carbonyl (C=O) groups is 2. The highest BCUT2D eigenvalue weighted by Crippen LogP contribution is 2.09. The van der Waals surface area contributed by atoms with Crippen LogP contribution in [0.3, 0.4) is 0 Å². The molecule has 2 rings (SSSR count). The first-order valence-corrected chi connectivity index (χ1v) is 8.34. The first-order chi connectivity index (χ1) is 12.1. The molecule has 1 N–H and O–H groups in total. The number of aromatic nitrogens is 3. The average molecular weight is 341 g/mol. The predicted molar refractivity (Wildman–Crippen MR) is 93.5 cm³/mol. The van der Waals surface area contributed by atoms with Gasteiger partial charge in [0.2, 0.25) is 5.91 Å². The molecule has 2 heterocycles. The molecule has 0 unspecified atom stereocenters. The zero-order valence-corrected chi connectivity index (χ0v) is 14.6. The third-order valence-electron chi connectivity index (χ3n) is 3.98. The van der Waals surface area contributed by atoms with Crippen LogP contribution >= 0.6 is 0 Å². The molecular weight excluding hydrogens is 318 g/mol. The number of pyridine rings is 1. The minimum atomic E-state index is -0.204. The van der Waals surface area contributed by atoms with Gasteiger partial charge in [-0.05, 0) is 31.0 Å². The standard InChI is InChI=1S/C18H23N5O2/c1-3-14(2)23(18(25)16-13-20-9-10-21-16)11-6-17(24)22-12-15-4-7-19-8-5-15/h4-5,7-10,13-14H,3,6,11-12H2,1-2H3,(H,22,24)/t14-/m0/s1. The van der Waals surface area contributed by atoms with Crippen molar-refractivity contribution in [2.75, 3.05) is 6.54 Å². The maximum absolute atomic E-state index is 12.6. The number of hydrogen-bond acceptors (Lipinski definition) is 5. The van der Waals surface area contributed by atoms with Crippen molar-refractivity contribution in [2.24, 2.45) is 0 Å². The Morgan fingerprint density at radius 1 is 1.16 bits per heavy atom. The molecule has 0 saturated heterocycles. The summed E-state index contributed by atoms with van der Waals surface area (Å²) in [5.74, 6) is -0.304. The van der Waals surface area contributed by atoms with E-state index in [9.17, 15) is 9.59 Å². The lowest BCUT2D eigenvalue weighted by molar-refractivity contribution is -0.121. The Bertz CT molecular complexity index is 678. The molecule has 0 saturated carbocycles. The van der Waals surface area contributed by atoms with Crippen molar-refractivity contribution < 1.29 is 9.59 Å². The van der Waals surface area contributed by atoms with Crippen LogP contribution in [0.5, 0.6) is 0 Å². The number of hydrogen-bond donors (Lipinski definition) is 1. The van der Waals surface area contributed by atoms with Gasteiger partial charge in [-0.25, -0.2) is 4.98 Å². The van der Waals surface area contributed by atoms with Crippen molar-refractivity contribution in [1.82, 2.24) is 25.2 Å². The van der Waals surface area contributed by atoms with E-state index in [0.29, 0.717) is 18.8 Å².